The summed E-state index contributed by atoms with van der Waals surface area (Å²) in [5, 5.41) is 4.88. The number of hydrogen-bond donors (Lipinski definition) is 0. The minimum Gasteiger partial charge on any atom is -0.424 e. The highest BCUT2D eigenvalue weighted by molar-refractivity contribution is 9.11. The molecule has 0 amide bonds. The molecule has 3 aromatic rings. The Morgan fingerprint density at radius 2 is 1.83 bits per heavy atom. The molecule has 9 heteroatoms. The van der Waals surface area contributed by atoms with E-state index in [9.17, 15) is 9.59 Å². The minimum atomic E-state index is -0.422. The van der Waals surface area contributed by atoms with Crippen LogP contribution in [0.1, 0.15) is 38.1 Å². The number of nitrogens with zero attached hydrogens (tertiary/aromatic N) is 3. The summed E-state index contributed by atoms with van der Waals surface area (Å²) in [7, 11) is 0. The normalized spacial score (nSPS) is 11.6. The zero-order valence-electron chi connectivity index (χ0n) is 15.7. The highest BCUT2D eigenvalue weighted by Crippen LogP contribution is 2.34. The molecule has 0 fully saturated rings. The van der Waals surface area contributed by atoms with Crippen LogP contribution in [0.3, 0.4) is 0 Å². The van der Waals surface area contributed by atoms with Gasteiger partial charge in [-0.05, 0) is 67.8 Å². The predicted molar refractivity (Wildman–Crippen MR) is 124 cm³/mol. The molecule has 2 aromatic carbocycles. The van der Waals surface area contributed by atoms with Crippen LogP contribution in [-0.4, -0.2) is 21.8 Å². The van der Waals surface area contributed by atoms with E-state index in [0.29, 0.717) is 37.0 Å². The van der Waals surface area contributed by atoms with Crippen LogP contribution in [-0.2, 0) is 4.79 Å². The number of aromatic nitrogens is 2. The number of benzene rings is 2. The second kappa shape index (κ2) is 8.89. The zero-order chi connectivity index (χ0) is 21.3. The lowest BCUT2D eigenvalue weighted by molar-refractivity contribution is -0.131. The smallest absolute Gasteiger partial charge is 0.308 e. The first-order valence-electron chi connectivity index (χ1n) is 8.61. The summed E-state index contributed by atoms with van der Waals surface area (Å²) in [6, 6.07) is 8.89. The third-order valence-corrected chi connectivity index (χ3v) is 5.61. The zero-order valence-corrected chi connectivity index (χ0v) is 20.5. The molecule has 1 aromatic heterocycles. The molecule has 150 valence electrons. The number of esters is 1. The van der Waals surface area contributed by atoms with Crippen molar-refractivity contribution in [1.82, 2.24) is 9.66 Å². The molecule has 0 bridgehead atoms. The molecule has 6 nitrogen and oxygen atoms in total. The van der Waals surface area contributed by atoms with Crippen LogP contribution in [0.5, 0.6) is 5.75 Å². The van der Waals surface area contributed by atoms with Crippen molar-refractivity contribution in [2.75, 3.05) is 0 Å². The average molecular weight is 586 g/mol. The van der Waals surface area contributed by atoms with Crippen molar-refractivity contribution in [3.63, 3.8) is 0 Å². The molecule has 0 aliphatic carbocycles. The van der Waals surface area contributed by atoms with Gasteiger partial charge in [0.05, 0.1) is 26.1 Å². The molecule has 0 aliphatic heterocycles. The van der Waals surface area contributed by atoms with Crippen LogP contribution in [0.4, 0.5) is 0 Å². The molecule has 0 spiro atoms. The summed E-state index contributed by atoms with van der Waals surface area (Å²) in [4.78, 5) is 28.9. The molecule has 29 heavy (non-hydrogen) atoms. The highest BCUT2D eigenvalue weighted by Gasteiger charge is 2.14. The summed E-state index contributed by atoms with van der Waals surface area (Å²) < 4.78 is 8.46. The van der Waals surface area contributed by atoms with Crippen molar-refractivity contribution >= 4 is 70.9 Å². The molecule has 0 N–H and O–H groups in total. The third-order valence-electron chi connectivity index (χ3n) is 3.94. The van der Waals surface area contributed by atoms with Crippen molar-refractivity contribution in [3.05, 3.63) is 65.5 Å². The Morgan fingerprint density at radius 3 is 2.41 bits per heavy atom. The van der Waals surface area contributed by atoms with Gasteiger partial charge in [-0.25, -0.2) is 4.98 Å². The SMILES string of the molecule is CC(=O)Oc1c(Br)cc(C=Nn2c(C(C)C)nc3ccc(Br)cc3c2=O)cc1Br. The maximum absolute atomic E-state index is 13.0. The van der Waals surface area contributed by atoms with E-state index >= 15 is 0 Å². The van der Waals surface area contributed by atoms with Crippen LogP contribution in [0.2, 0.25) is 0 Å². The molecule has 0 radical (unpaired) electrons. The van der Waals surface area contributed by atoms with Gasteiger partial charge in [-0.1, -0.05) is 29.8 Å². The molecule has 0 atom stereocenters. The topological polar surface area (TPSA) is 73.5 Å². The molecule has 0 saturated heterocycles. The van der Waals surface area contributed by atoms with Gasteiger partial charge in [0, 0.05) is 17.3 Å². The molecule has 1 heterocycles. The lowest BCUT2D eigenvalue weighted by atomic mass is 10.2. The number of fused-ring (bicyclic) bond motifs is 1. The molecule has 0 aliphatic rings. The summed E-state index contributed by atoms with van der Waals surface area (Å²) >= 11 is 10.2. The molecule has 3 rings (SSSR count). The number of hydrogen-bond acceptors (Lipinski definition) is 5. The molecule has 0 unspecified atom stereocenters. The van der Waals surface area contributed by atoms with Crippen LogP contribution in [0.15, 0.2) is 53.6 Å². The molecular weight excluding hydrogens is 570 g/mol. The molecule has 0 saturated carbocycles. The van der Waals surface area contributed by atoms with Crippen molar-refractivity contribution in [3.8, 4) is 5.75 Å². The van der Waals surface area contributed by atoms with Gasteiger partial charge in [-0.15, -0.1) is 0 Å². The van der Waals surface area contributed by atoms with Gasteiger partial charge in [-0.3, -0.25) is 9.59 Å². The second-order valence-corrected chi connectivity index (χ2v) is 9.18. The first kappa shape index (κ1) is 21.9. The Morgan fingerprint density at radius 1 is 1.17 bits per heavy atom. The second-order valence-electron chi connectivity index (χ2n) is 6.56. The minimum absolute atomic E-state index is 0.00212. The Balaban J connectivity index is 2.11. The van der Waals surface area contributed by atoms with Gasteiger partial charge >= 0.3 is 5.97 Å². The van der Waals surface area contributed by atoms with Gasteiger partial charge in [-0.2, -0.15) is 9.78 Å². The Bertz CT molecular complexity index is 1180. The van der Waals surface area contributed by atoms with Gasteiger partial charge in [0.2, 0.25) is 0 Å². The van der Waals surface area contributed by atoms with E-state index in [0.717, 1.165) is 4.47 Å². The van der Waals surface area contributed by atoms with E-state index in [1.807, 2.05) is 26.0 Å². The van der Waals surface area contributed by atoms with Crippen LogP contribution < -0.4 is 10.3 Å². The van der Waals surface area contributed by atoms with E-state index in [4.69, 9.17) is 4.74 Å². The van der Waals surface area contributed by atoms with E-state index in [2.05, 4.69) is 57.9 Å². The predicted octanol–water partition coefficient (Wildman–Crippen LogP) is 5.61. The van der Waals surface area contributed by atoms with Gasteiger partial charge in [0.15, 0.2) is 5.75 Å². The van der Waals surface area contributed by atoms with Gasteiger partial charge < -0.3 is 4.74 Å². The van der Waals surface area contributed by atoms with Crippen LogP contribution in [0.25, 0.3) is 10.9 Å². The number of carbonyl (C=O) groups excluding carboxylic acids is 1. The van der Waals surface area contributed by atoms with E-state index in [-0.39, 0.29) is 11.5 Å². The van der Waals surface area contributed by atoms with Crippen molar-refractivity contribution < 1.29 is 9.53 Å². The Labute approximate surface area is 192 Å². The number of carbonyl (C=O) groups is 1. The fourth-order valence-electron chi connectivity index (χ4n) is 2.67. The summed E-state index contributed by atoms with van der Waals surface area (Å²) in [5.41, 5.74) is 1.09. The largest absolute Gasteiger partial charge is 0.424 e. The number of halogens is 3. The Hall–Kier alpha value is -1.84. The monoisotopic (exact) mass is 583 g/mol. The lowest BCUT2D eigenvalue weighted by Gasteiger charge is -2.12. The number of rotatable bonds is 4. The fraction of sp³-hybridized carbons (Fsp3) is 0.200. The van der Waals surface area contributed by atoms with Gasteiger partial charge in [0.1, 0.15) is 5.82 Å². The maximum Gasteiger partial charge on any atom is 0.308 e. The maximum atomic E-state index is 13.0. The van der Waals surface area contributed by atoms with E-state index in [1.54, 1.807) is 24.4 Å². The first-order valence-corrected chi connectivity index (χ1v) is 11.0. The van der Waals surface area contributed by atoms with Crippen LogP contribution >= 0.6 is 47.8 Å². The van der Waals surface area contributed by atoms with E-state index in [1.165, 1.54) is 11.6 Å². The molecular formula is C20H16Br3N3O3. The quantitative estimate of drug-likeness (QED) is 0.226. The number of ether oxygens (including phenoxy) is 1. The fourth-order valence-corrected chi connectivity index (χ4v) is 4.42. The van der Waals surface area contributed by atoms with Crippen molar-refractivity contribution in [2.45, 2.75) is 26.7 Å². The van der Waals surface area contributed by atoms with E-state index < -0.39 is 5.97 Å². The summed E-state index contributed by atoms with van der Waals surface area (Å²) in [6.45, 7) is 5.25. The summed E-state index contributed by atoms with van der Waals surface area (Å²) in [6.07, 6.45) is 1.56. The van der Waals surface area contributed by atoms with Crippen molar-refractivity contribution in [1.29, 1.82) is 0 Å². The first-order chi connectivity index (χ1) is 13.7. The lowest BCUT2D eigenvalue weighted by Crippen LogP contribution is -2.23. The highest BCUT2D eigenvalue weighted by atomic mass is 79.9. The summed E-state index contributed by atoms with van der Waals surface area (Å²) in [5.74, 6) is 0.523. The van der Waals surface area contributed by atoms with Crippen LogP contribution in [0, 0.1) is 0 Å². The third kappa shape index (κ3) is 4.84. The Kier molecular flexibility index (Phi) is 6.70. The average Bonchev–Trinajstić information content (AvgIpc) is 2.64. The van der Waals surface area contributed by atoms with Gasteiger partial charge in [0.25, 0.3) is 5.56 Å². The van der Waals surface area contributed by atoms with Crippen molar-refractivity contribution in [2.24, 2.45) is 5.10 Å². The standard InChI is InChI=1S/C20H16Br3N3O3/c1-10(2)19-25-17-5-4-13(21)8-14(17)20(28)26(19)24-9-12-6-15(22)18(16(23)7-12)29-11(3)27/h4-10H,1-3H3.